The average molecular weight is 295 g/mol. The fourth-order valence-electron chi connectivity index (χ4n) is 0.339. The summed E-state index contributed by atoms with van der Waals surface area (Å²) in [6.07, 6.45) is 0. The first-order chi connectivity index (χ1) is 4.63. The van der Waals surface area contributed by atoms with E-state index in [-0.39, 0.29) is 25.6 Å². The molecule has 0 spiro atoms. The summed E-state index contributed by atoms with van der Waals surface area (Å²) in [6, 6.07) is 0. The first-order valence-corrected chi connectivity index (χ1v) is 4.27. The molecule has 5 N–H and O–H groups in total. The number of nitrogens with one attached hydrogen (secondary N) is 2. The molecule has 0 aliphatic rings. The maximum atomic E-state index is 4.65. The van der Waals surface area contributed by atoms with Gasteiger partial charge in [0.25, 0.3) is 0 Å². The molecule has 0 saturated carbocycles. The van der Waals surface area contributed by atoms with Gasteiger partial charge in [0.1, 0.15) is 8.64 Å². The second kappa shape index (κ2) is 12.1. The summed E-state index contributed by atoms with van der Waals surface area (Å²) in [5, 5.41) is 5.68. The van der Waals surface area contributed by atoms with Gasteiger partial charge in [0.15, 0.2) is 0 Å². The number of rotatable bonds is 3. The minimum atomic E-state index is 0. The van der Waals surface area contributed by atoms with Gasteiger partial charge in [-0.3, -0.25) is 0 Å². The van der Waals surface area contributed by atoms with Crippen LogP contribution in [0.25, 0.3) is 0 Å². The van der Waals surface area contributed by atoms with E-state index in [9.17, 15) is 0 Å². The van der Waals surface area contributed by atoms with Gasteiger partial charge in [-0.25, -0.2) is 0 Å². The number of thiol groups is 2. The molecule has 0 amide bonds. The summed E-state index contributed by atoms with van der Waals surface area (Å²) in [5.74, 6) is 0. The van der Waals surface area contributed by atoms with Crippen LogP contribution in [0.2, 0.25) is 0 Å². The van der Waals surface area contributed by atoms with Crippen molar-refractivity contribution in [3.63, 3.8) is 0 Å². The van der Waals surface area contributed by atoms with Crippen LogP contribution in [0.15, 0.2) is 0 Å². The molecule has 0 unspecified atom stereocenters. The Bertz CT molecular complexity index is 126. The molecule has 3 nitrogen and oxygen atoms in total. The Morgan fingerprint density at radius 1 is 1.00 bits per heavy atom. The predicted molar refractivity (Wildman–Crippen MR) is 64.2 cm³/mol. The van der Waals surface area contributed by atoms with Gasteiger partial charge in [-0.05, 0) is 0 Å². The summed E-state index contributed by atoms with van der Waals surface area (Å²) >= 11 is 17.0. The van der Waals surface area contributed by atoms with E-state index in [0.29, 0.717) is 21.7 Å². The summed E-state index contributed by atoms with van der Waals surface area (Å²) in [5.41, 5.74) is 0. The quantitative estimate of drug-likeness (QED) is 0.230. The minimum Gasteiger partial charge on any atom is -0.369 e. The standard InChI is InChI=1S/C4H8N2S4.H3N.Zn/c7-3(8)5-1-2-6-4(9)10;;/h1-2H2,(H2,5,7,8)(H2,6,9,10);1H3;. The maximum absolute atomic E-state index is 4.65. The number of thiocarbonyl (C=S) groups is 2. The zero-order valence-corrected chi connectivity index (χ0v) is 12.9. The van der Waals surface area contributed by atoms with Gasteiger partial charge in [-0.1, -0.05) is 24.4 Å². The molecule has 0 radical (unpaired) electrons. The molecule has 0 heterocycles. The van der Waals surface area contributed by atoms with Crippen molar-refractivity contribution >= 4 is 58.3 Å². The Kier molecular flexibility index (Phi) is 18.9. The Morgan fingerprint density at radius 3 is 1.42 bits per heavy atom. The van der Waals surface area contributed by atoms with Gasteiger partial charge >= 0.3 is 0 Å². The van der Waals surface area contributed by atoms with Crippen molar-refractivity contribution in [1.82, 2.24) is 16.8 Å². The number of hydrogen-bond donors (Lipinski definition) is 5. The van der Waals surface area contributed by atoms with Crippen molar-refractivity contribution in [2.75, 3.05) is 13.1 Å². The van der Waals surface area contributed by atoms with Crippen molar-refractivity contribution in [2.24, 2.45) is 0 Å². The summed E-state index contributed by atoms with van der Waals surface area (Å²) in [7, 11) is 0. The molecule has 0 aromatic heterocycles. The van der Waals surface area contributed by atoms with Gasteiger partial charge in [-0.15, -0.1) is 25.3 Å². The van der Waals surface area contributed by atoms with Crippen molar-refractivity contribution in [1.29, 1.82) is 0 Å². The molecule has 0 rings (SSSR count). The second-order valence-electron chi connectivity index (χ2n) is 1.46. The molecule has 12 heavy (non-hydrogen) atoms. The molecule has 0 fully saturated rings. The zero-order valence-electron chi connectivity index (χ0n) is 6.54. The SMILES string of the molecule is N.S=C(S)NCCNC(=S)S.[Zn]. The summed E-state index contributed by atoms with van der Waals surface area (Å²) in [4.78, 5) is 0. The van der Waals surface area contributed by atoms with Crippen LogP contribution in [-0.2, 0) is 19.5 Å². The fourth-order valence-corrected chi connectivity index (χ4v) is 0.767. The van der Waals surface area contributed by atoms with E-state index in [2.05, 4.69) is 60.3 Å². The molecule has 0 saturated heterocycles. The number of hydrogen-bond acceptors (Lipinski definition) is 3. The van der Waals surface area contributed by atoms with Crippen LogP contribution >= 0.6 is 49.7 Å². The van der Waals surface area contributed by atoms with Crippen LogP contribution in [0.4, 0.5) is 0 Å². The topological polar surface area (TPSA) is 59.1 Å². The summed E-state index contributed by atoms with van der Waals surface area (Å²) < 4.78 is 0.985. The van der Waals surface area contributed by atoms with Crippen LogP contribution in [-0.4, -0.2) is 21.7 Å². The first kappa shape index (κ1) is 18.8. The maximum Gasteiger partial charge on any atom is 0.130 e. The van der Waals surface area contributed by atoms with Gasteiger partial charge in [0, 0.05) is 32.6 Å². The Hall–Kier alpha value is 1.06. The van der Waals surface area contributed by atoms with Gasteiger partial charge in [-0.2, -0.15) is 0 Å². The minimum absolute atomic E-state index is 0. The third kappa shape index (κ3) is 17.2. The van der Waals surface area contributed by atoms with E-state index in [1.165, 1.54) is 0 Å². The first-order valence-electron chi connectivity index (χ1n) is 2.56. The normalized spacial score (nSPS) is 7.17. The molecular formula is C4H11N3S4Zn. The third-order valence-corrected chi connectivity index (χ3v) is 1.28. The van der Waals surface area contributed by atoms with Crippen LogP contribution in [0.1, 0.15) is 0 Å². The van der Waals surface area contributed by atoms with Crippen LogP contribution in [0.3, 0.4) is 0 Å². The fraction of sp³-hybridized carbons (Fsp3) is 0.500. The Morgan fingerprint density at radius 2 is 1.25 bits per heavy atom. The Balaban J connectivity index is -0.000000405. The molecule has 68 valence electrons. The van der Waals surface area contributed by atoms with Crippen LogP contribution < -0.4 is 16.8 Å². The Labute approximate surface area is 107 Å². The van der Waals surface area contributed by atoms with E-state index < -0.39 is 0 Å². The van der Waals surface area contributed by atoms with Gasteiger partial charge < -0.3 is 16.8 Å². The monoisotopic (exact) mass is 293 g/mol. The molecule has 0 aromatic carbocycles. The molecule has 0 bridgehead atoms. The van der Waals surface area contributed by atoms with Crippen molar-refractivity contribution < 1.29 is 19.5 Å². The van der Waals surface area contributed by atoms with E-state index >= 15 is 0 Å². The summed E-state index contributed by atoms with van der Waals surface area (Å²) in [6.45, 7) is 1.42. The van der Waals surface area contributed by atoms with E-state index in [1.807, 2.05) is 0 Å². The third-order valence-electron chi connectivity index (χ3n) is 0.677. The average Bonchev–Trinajstić information content (AvgIpc) is 1.79. The molecule has 0 aliphatic carbocycles. The predicted octanol–water partition coefficient (Wildman–Crippen LogP) is 0.754. The van der Waals surface area contributed by atoms with Crippen LogP contribution in [0.5, 0.6) is 0 Å². The molecular weight excluding hydrogens is 284 g/mol. The van der Waals surface area contributed by atoms with Crippen molar-refractivity contribution in [3.8, 4) is 0 Å². The van der Waals surface area contributed by atoms with E-state index in [4.69, 9.17) is 0 Å². The van der Waals surface area contributed by atoms with E-state index in [0.717, 1.165) is 0 Å². The second-order valence-corrected chi connectivity index (χ2v) is 3.78. The zero-order chi connectivity index (χ0) is 7.98. The molecule has 0 aliphatic heterocycles. The van der Waals surface area contributed by atoms with Crippen molar-refractivity contribution in [2.45, 2.75) is 0 Å². The van der Waals surface area contributed by atoms with Crippen LogP contribution in [0, 0.1) is 0 Å². The van der Waals surface area contributed by atoms with E-state index in [1.54, 1.807) is 0 Å². The molecule has 8 heteroatoms. The molecule has 0 aromatic rings. The molecule has 0 atom stereocenters. The van der Waals surface area contributed by atoms with Gasteiger partial charge in [0.2, 0.25) is 0 Å². The largest absolute Gasteiger partial charge is 0.369 e. The van der Waals surface area contributed by atoms with Gasteiger partial charge in [0.05, 0.1) is 0 Å². The van der Waals surface area contributed by atoms with Crippen molar-refractivity contribution in [3.05, 3.63) is 0 Å². The smallest absolute Gasteiger partial charge is 0.130 e.